The molecule has 138 valence electrons. The van der Waals surface area contributed by atoms with E-state index in [1.54, 1.807) is 0 Å². The number of carbonyl (C=O) groups excluding carboxylic acids is 3. The van der Waals surface area contributed by atoms with Gasteiger partial charge in [0.15, 0.2) is 0 Å². The van der Waals surface area contributed by atoms with Gasteiger partial charge in [-0.3, -0.25) is 9.59 Å². The maximum Gasteiger partial charge on any atom is 0.264 e. The van der Waals surface area contributed by atoms with Crippen molar-refractivity contribution in [3.05, 3.63) is 36.4 Å². The standard InChI is InChI=1S/C17H18N2O6S/c1-9(20)19-26(24,25)13-6-4-12(5-7-13)18-16(21)14-10-2-3-11(8-10)15(14)17(22)23/h2-7,10-11,14-15H,8H2,1H3,(H,18,21)(H,19,20)(H,22,23)/p-1/t10-,11+,14+,15+/m1/s1. The smallest absolute Gasteiger partial charge is 0.264 e. The van der Waals surface area contributed by atoms with Crippen molar-refractivity contribution in [3.63, 3.8) is 0 Å². The minimum Gasteiger partial charge on any atom is -0.550 e. The molecular weight excluding hydrogens is 360 g/mol. The molecule has 2 aliphatic carbocycles. The molecule has 0 spiro atoms. The molecule has 1 saturated carbocycles. The number of sulfonamides is 1. The third-order valence-corrected chi connectivity index (χ3v) is 6.19. The van der Waals surface area contributed by atoms with Crippen molar-refractivity contribution in [2.45, 2.75) is 18.2 Å². The number of rotatable bonds is 5. The van der Waals surface area contributed by atoms with Crippen molar-refractivity contribution in [1.82, 2.24) is 4.72 Å². The van der Waals surface area contributed by atoms with Crippen LogP contribution >= 0.6 is 0 Å². The number of carboxylic acids is 1. The predicted octanol–water partition coefficient (Wildman–Crippen LogP) is -0.362. The maximum atomic E-state index is 12.5. The van der Waals surface area contributed by atoms with Gasteiger partial charge in [-0.2, -0.15) is 0 Å². The number of allylic oxidation sites excluding steroid dienone is 2. The van der Waals surface area contributed by atoms with E-state index in [1.165, 1.54) is 24.3 Å². The summed E-state index contributed by atoms with van der Waals surface area (Å²) in [7, 11) is -3.95. The summed E-state index contributed by atoms with van der Waals surface area (Å²) in [5, 5.41) is 14.0. The van der Waals surface area contributed by atoms with Crippen molar-refractivity contribution < 1.29 is 27.9 Å². The maximum absolute atomic E-state index is 12.5. The molecule has 0 radical (unpaired) electrons. The third kappa shape index (κ3) is 3.34. The molecule has 2 N–H and O–H groups in total. The lowest BCUT2D eigenvalue weighted by molar-refractivity contribution is -0.313. The van der Waals surface area contributed by atoms with E-state index in [0.29, 0.717) is 12.1 Å². The van der Waals surface area contributed by atoms with Crippen LogP contribution in [0.2, 0.25) is 0 Å². The highest BCUT2D eigenvalue weighted by Gasteiger charge is 2.48. The van der Waals surface area contributed by atoms with Crippen LogP contribution in [0.3, 0.4) is 0 Å². The lowest BCUT2D eigenvalue weighted by Crippen LogP contribution is -2.42. The first kappa shape index (κ1) is 18.1. The average molecular weight is 377 g/mol. The van der Waals surface area contributed by atoms with E-state index in [1.807, 2.05) is 16.9 Å². The van der Waals surface area contributed by atoms with Crippen LogP contribution in [0.25, 0.3) is 0 Å². The van der Waals surface area contributed by atoms with Crippen molar-refractivity contribution in [2.24, 2.45) is 23.7 Å². The molecule has 3 rings (SSSR count). The Morgan fingerprint density at radius 1 is 1.04 bits per heavy atom. The zero-order valence-corrected chi connectivity index (χ0v) is 14.7. The molecule has 2 amide bonds. The van der Waals surface area contributed by atoms with Crippen LogP contribution in [0.1, 0.15) is 13.3 Å². The molecule has 1 fully saturated rings. The summed E-state index contributed by atoms with van der Waals surface area (Å²) in [4.78, 5) is 34.7. The van der Waals surface area contributed by atoms with Gasteiger partial charge in [-0.1, -0.05) is 12.2 Å². The molecule has 0 heterocycles. The van der Waals surface area contributed by atoms with Crippen LogP contribution in [-0.4, -0.2) is 26.2 Å². The summed E-state index contributed by atoms with van der Waals surface area (Å²) in [6.07, 6.45) is 4.29. The van der Waals surface area contributed by atoms with Gasteiger partial charge < -0.3 is 15.2 Å². The summed E-state index contributed by atoms with van der Waals surface area (Å²) in [5.74, 6) is -4.28. The molecule has 8 nitrogen and oxygen atoms in total. The summed E-state index contributed by atoms with van der Waals surface area (Å²) in [6.45, 7) is 1.09. The van der Waals surface area contributed by atoms with E-state index in [0.717, 1.165) is 6.92 Å². The molecular formula is C17H17N2O6S-. The van der Waals surface area contributed by atoms with Gasteiger partial charge in [-0.25, -0.2) is 13.1 Å². The van der Waals surface area contributed by atoms with Gasteiger partial charge in [0, 0.05) is 24.5 Å². The molecule has 0 aromatic heterocycles. The molecule has 1 aromatic rings. The second-order valence-electron chi connectivity index (χ2n) is 6.49. The highest BCUT2D eigenvalue weighted by molar-refractivity contribution is 7.90. The molecule has 4 atom stereocenters. The van der Waals surface area contributed by atoms with Crippen LogP contribution in [0.5, 0.6) is 0 Å². The molecule has 0 unspecified atom stereocenters. The molecule has 0 aliphatic heterocycles. The summed E-state index contributed by atoms with van der Waals surface area (Å²) >= 11 is 0. The third-order valence-electron chi connectivity index (χ3n) is 4.74. The first-order valence-electron chi connectivity index (χ1n) is 8.02. The van der Waals surface area contributed by atoms with Crippen molar-refractivity contribution >= 4 is 33.5 Å². The SMILES string of the molecule is CC(=O)NS(=O)(=O)c1ccc(NC(=O)[C@@H]2[C@@H](C(=O)[O-])[C@H]3C=C[C@@H]2C3)cc1. The lowest BCUT2D eigenvalue weighted by atomic mass is 9.82. The minimum atomic E-state index is -3.95. The van der Waals surface area contributed by atoms with E-state index in [-0.39, 0.29) is 16.7 Å². The van der Waals surface area contributed by atoms with Crippen molar-refractivity contribution in [1.29, 1.82) is 0 Å². The number of aliphatic carboxylic acids is 1. The number of hydrogen-bond donors (Lipinski definition) is 2. The number of fused-ring (bicyclic) bond motifs is 2. The number of nitrogens with one attached hydrogen (secondary N) is 2. The fraction of sp³-hybridized carbons (Fsp3) is 0.353. The van der Waals surface area contributed by atoms with E-state index >= 15 is 0 Å². The number of carboxylic acid groups (broad SMARTS) is 1. The van der Waals surface area contributed by atoms with Gasteiger partial charge in [-0.15, -0.1) is 0 Å². The Labute approximate surface area is 150 Å². The Bertz CT molecular complexity index is 890. The number of benzene rings is 1. The van der Waals surface area contributed by atoms with Crippen LogP contribution in [-0.2, 0) is 24.4 Å². The Morgan fingerprint density at radius 2 is 1.62 bits per heavy atom. The zero-order chi connectivity index (χ0) is 19.1. The topological polar surface area (TPSA) is 132 Å². The lowest BCUT2D eigenvalue weighted by Gasteiger charge is -2.27. The summed E-state index contributed by atoms with van der Waals surface area (Å²) in [6, 6.07) is 5.25. The van der Waals surface area contributed by atoms with Crippen LogP contribution in [0.4, 0.5) is 5.69 Å². The van der Waals surface area contributed by atoms with Gasteiger partial charge >= 0.3 is 0 Å². The number of carbonyl (C=O) groups is 3. The molecule has 0 saturated heterocycles. The Hall–Kier alpha value is -2.68. The number of hydrogen-bond acceptors (Lipinski definition) is 6. The van der Waals surface area contributed by atoms with Crippen LogP contribution < -0.4 is 15.1 Å². The van der Waals surface area contributed by atoms with E-state index in [2.05, 4.69) is 5.32 Å². The Balaban J connectivity index is 1.73. The monoisotopic (exact) mass is 377 g/mol. The summed E-state index contributed by atoms with van der Waals surface area (Å²) < 4.78 is 25.6. The fourth-order valence-corrected chi connectivity index (χ4v) is 4.68. The van der Waals surface area contributed by atoms with Gasteiger partial charge in [0.1, 0.15) is 0 Å². The van der Waals surface area contributed by atoms with Crippen molar-refractivity contribution in [3.8, 4) is 0 Å². The molecule has 2 bridgehead atoms. The zero-order valence-electron chi connectivity index (χ0n) is 13.8. The number of anilines is 1. The van der Waals surface area contributed by atoms with Crippen LogP contribution in [0, 0.1) is 23.7 Å². The second-order valence-corrected chi connectivity index (χ2v) is 8.18. The Kier molecular flexibility index (Phi) is 4.57. The predicted molar refractivity (Wildman–Crippen MR) is 88.8 cm³/mol. The molecule has 2 aliphatic rings. The number of amides is 2. The van der Waals surface area contributed by atoms with Gasteiger partial charge in [0.05, 0.1) is 10.8 Å². The van der Waals surface area contributed by atoms with Gasteiger partial charge in [0.2, 0.25) is 11.8 Å². The first-order valence-corrected chi connectivity index (χ1v) is 9.51. The largest absolute Gasteiger partial charge is 0.550 e. The molecule has 26 heavy (non-hydrogen) atoms. The first-order chi connectivity index (χ1) is 12.2. The highest BCUT2D eigenvalue weighted by Crippen LogP contribution is 2.48. The second kappa shape index (κ2) is 6.56. The Morgan fingerprint density at radius 3 is 2.15 bits per heavy atom. The molecule has 1 aromatic carbocycles. The van der Waals surface area contributed by atoms with E-state index < -0.39 is 39.6 Å². The average Bonchev–Trinajstić information content (AvgIpc) is 3.15. The fourth-order valence-electron chi connectivity index (χ4n) is 3.69. The van der Waals surface area contributed by atoms with Gasteiger partial charge in [-0.05, 0) is 42.5 Å². The van der Waals surface area contributed by atoms with E-state index in [9.17, 15) is 27.9 Å². The normalized spacial score (nSPS) is 26.5. The van der Waals surface area contributed by atoms with Crippen LogP contribution in [0.15, 0.2) is 41.3 Å². The summed E-state index contributed by atoms with van der Waals surface area (Å²) in [5.41, 5.74) is 0.334. The van der Waals surface area contributed by atoms with E-state index in [4.69, 9.17) is 0 Å². The minimum absolute atomic E-state index is 0.124. The quantitative estimate of drug-likeness (QED) is 0.673. The van der Waals surface area contributed by atoms with Crippen molar-refractivity contribution in [2.75, 3.05) is 5.32 Å². The highest BCUT2D eigenvalue weighted by atomic mass is 32.2. The van der Waals surface area contributed by atoms with Gasteiger partial charge in [0.25, 0.3) is 10.0 Å². The molecule has 9 heteroatoms.